The predicted octanol–water partition coefficient (Wildman–Crippen LogP) is 1.38. The number of rotatable bonds is 7. The summed E-state index contributed by atoms with van der Waals surface area (Å²) in [6, 6.07) is 1.19. The molecular formula is C14H20N2O6. The lowest BCUT2D eigenvalue weighted by Gasteiger charge is -2.16. The van der Waals surface area contributed by atoms with Gasteiger partial charge in [0.25, 0.3) is 0 Å². The lowest BCUT2D eigenvalue weighted by atomic mass is 10.2. The van der Waals surface area contributed by atoms with E-state index in [4.69, 9.17) is 9.52 Å². The third kappa shape index (κ3) is 5.12. The van der Waals surface area contributed by atoms with Gasteiger partial charge in [0, 0.05) is 20.0 Å². The van der Waals surface area contributed by atoms with Gasteiger partial charge >= 0.3 is 18.0 Å². The molecule has 0 atom stereocenters. The van der Waals surface area contributed by atoms with Crippen LogP contribution in [0.2, 0.25) is 0 Å². The topological polar surface area (TPSA) is 109 Å². The molecule has 0 bridgehead atoms. The van der Waals surface area contributed by atoms with Crippen LogP contribution in [-0.4, -0.2) is 48.7 Å². The Bertz CT molecular complexity index is 552. The van der Waals surface area contributed by atoms with Crippen LogP contribution in [0.3, 0.4) is 0 Å². The van der Waals surface area contributed by atoms with Crippen LogP contribution < -0.4 is 5.32 Å². The first-order valence-corrected chi connectivity index (χ1v) is 6.73. The van der Waals surface area contributed by atoms with Crippen molar-refractivity contribution in [2.75, 3.05) is 20.7 Å². The smallest absolute Gasteiger partial charge is 0.341 e. The van der Waals surface area contributed by atoms with Crippen LogP contribution in [-0.2, 0) is 16.1 Å². The number of amides is 2. The Morgan fingerprint density at radius 2 is 2.09 bits per heavy atom. The highest BCUT2D eigenvalue weighted by Gasteiger charge is 2.17. The molecule has 22 heavy (non-hydrogen) atoms. The highest BCUT2D eigenvalue weighted by Crippen LogP contribution is 2.16. The molecule has 8 nitrogen and oxygen atoms in total. The van der Waals surface area contributed by atoms with Crippen LogP contribution >= 0.6 is 0 Å². The molecule has 0 fully saturated rings. The third-order valence-electron chi connectivity index (χ3n) is 2.96. The summed E-state index contributed by atoms with van der Waals surface area (Å²) in [5.41, 5.74) is 0.327. The van der Waals surface area contributed by atoms with Crippen LogP contribution in [0.25, 0.3) is 0 Å². The van der Waals surface area contributed by atoms with Gasteiger partial charge in [0.1, 0.15) is 17.1 Å². The minimum atomic E-state index is -0.899. The highest BCUT2D eigenvalue weighted by molar-refractivity contribution is 5.90. The molecular weight excluding hydrogens is 292 g/mol. The van der Waals surface area contributed by atoms with Crippen molar-refractivity contribution >= 4 is 18.0 Å². The van der Waals surface area contributed by atoms with Gasteiger partial charge < -0.3 is 24.5 Å². The number of nitrogens with zero attached hydrogens (tertiary/aromatic N) is 1. The average molecular weight is 312 g/mol. The normalized spacial score (nSPS) is 10.1. The van der Waals surface area contributed by atoms with E-state index in [9.17, 15) is 14.4 Å². The summed E-state index contributed by atoms with van der Waals surface area (Å²) >= 11 is 0. The fraction of sp³-hybridized carbons (Fsp3) is 0.500. The number of furan rings is 1. The minimum absolute atomic E-state index is 0.00383. The second-order valence-corrected chi connectivity index (χ2v) is 4.76. The molecule has 0 saturated carbocycles. The summed E-state index contributed by atoms with van der Waals surface area (Å²) in [6.45, 7) is 2.10. The number of hydrogen-bond donors (Lipinski definition) is 2. The monoisotopic (exact) mass is 312 g/mol. The molecule has 0 aliphatic rings. The molecule has 0 saturated heterocycles. The van der Waals surface area contributed by atoms with Gasteiger partial charge in [-0.05, 0) is 19.4 Å². The Balaban J connectivity index is 2.50. The first-order valence-electron chi connectivity index (χ1n) is 6.73. The summed E-state index contributed by atoms with van der Waals surface area (Å²) in [4.78, 5) is 35.0. The molecule has 1 aromatic rings. The summed E-state index contributed by atoms with van der Waals surface area (Å²) in [6.07, 6.45) is 0.366. The number of aliphatic carboxylic acids is 1. The quantitative estimate of drug-likeness (QED) is 0.581. The highest BCUT2D eigenvalue weighted by atomic mass is 16.5. The Kier molecular flexibility index (Phi) is 6.43. The van der Waals surface area contributed by atoms with E-state index in [2.05, 4.69) is 10.1 Å². The molecule has 2 amide bonds. The maximum absolute atomic E-state index is 11.8. The van der Waals surface area contributed by atoms with Crippen LogP contribution in [0.5, 0.6) is 0 Å². The SMILES string of the molecule is COC(=O)c1cc(CN(C)C(=O)NCCCC(=O)O)oc1C. The van der Waals surface area contributed by atoms with Crippen molar-refractivity contribution in [3.8, 4) is 0 Å². The van der Waals surface area contributed by atoms with E-state index >= 15 is 0 Å². The third-order valence-corrected chi connectivity index (χ3v) is 2.96. The van der Waals surface area contributed by atoms with E-state index < -0.39 is 11.9 Å². The summed E-state index contributed by atoms with van der Waals surface area (Å²) in [5.74, 6) is -0.504. The van der Waals surface area contributed by atoms with E-state index in [1.807, 2.05) is 0 Å². The van der Waals surface area contributed by atoms with Crippen LogP contribution in [0, 0.1) is 6.92 Å². The largest absolute Gasteiger partial charge is 0.481 e. The van der Waals surface area contributed by atoms with Crippen LogP contribution in [0.1, 0.15) is 34.7 Å². The number of hydrogen-bond acceptors (Lipinski definition) is 5. The molecule has 1 aromatic heterocycles. The number of urea groups is 1. The fourth-order valence-electron chi connectivity index (χ4n) is 1.81. The molecule has 1 heterocycles. The standard InChI is InChI=1S/C14H20N2O6/c1-9-11(13(19)21-3)7-10(22-9)8-16(2)14(20)15-6-4-5-12(17)18/h7H,4-6,8H2,1-3H3,(H,15,20)(H,17,18). The van der Waals surface area contributed by atoms with Crippen molar-refractivity contribution < 1.29 is 28.6 Å². The molecule has 0 aliphatic heterocycles. The van der Waals surface area contributed by atoms with Gasteiger partial charge in [0.2, 0.25) is 0 Å². The van der Waals surface area contributed by atoms with E-state index in [1.54, 1.807) is 14.0 Å². The van der Waals surface area contributed by atoms with E-state index in [1.165, 1.54) is 18.1 Å². The summed E-state index contributed by atoms with van der Waals surface area (Å²) in [7, 11) is 2.85. The zero-order chi connectivity index (χ0) is 16.7. The molecule has 2 N–H and O–H groups in total. The molecule has 0 aromatic carbocycles. The summed E-state index contributed by atoms with van der Waals surface area (Å²) in [5, 5.41) is 11.1. The number of methoxy groups -OCH3 is 1. The van der Waals surface area contributed by atoms with Gasteiger partial charge in [-0.15, -0.1) is 0 Å². The zero-order valence-corrected chi connectivity index (χ0v) is 12.8. The van der Waals surface area contributed by atoms with E-state index in [-0.39, 0.29) is 25.5 Å². The van der Waals surface area contributed by atoms with Crippen molar-refractivity contribution in [3.05, 3.63) is 23.2 Å². The molecule has 0 spiro atoms. The molecule has 0 unspecified atom stereocenters. The number of carbonyl (C=O) groups is 3. The maximum atomic E-state index is 11.8. The number of esters is 1. The zero-order valence-electron chi connectivity index (χ0n) is 12.8. The van der Waals surface area contributed by atoms with Crippen LogP contribution in [0.4, 0.5) is 4.79 Å². The van der Waals surface area contributed by atoms with Gasteiger partial charge in [0.05, 0.1) is 13.7 Å². The van der Waals surface area contributed by atoms with Crippen molar-refractivity contribution in [2.24, 2.45) is 0 Å². The van der Waals surface area contributed by atoms with Gasteiger partial charge in [-0.1, -0.05) is 0 Å². The molecule has 1 rings (SSSR count). The Morgan fingerprint density at radius 1 is 1.41 bits per heavy atom. The molecule has 8 heteroatoms. The minimum Gasteiger partial charge on any atom is -0.481 e. The van der Waals surface area contributed by atoms with Crippen molar-refractivity contribution in [3.63, 3.8) is 0 Å². The van der Waals surface area contributed by atoms with Crippen molar-refractivity contribution in [1.82, 2.24) is 10.2 Å². The Morgan fingerprint density at radius 3 is 2.68 bits per heavy atom. The maximum Gasteiger partial charge on any atom is 0.341 e. The lowest BCUT2D eigenvalue weighted by molar-refractivity contribution is -0.137. The van der Waals surface area contributed by atoms with Gasteiger partial charge in [-0.3, -0.25) is 4.79 Å². The Hall–Kier alpha value is -2.51. The number of aryl methyl sites for hydroxylation is 1. The number of carboxylic acids is 1. The Labute approximate surface area is 128 Å². The summed E-state index contributed by atoms with van der Waals surface area (Å²) < 4.78 is 10.0. The number of ether oxygens (including phenoxy) is 1. The number of nitrogens with one attached hydrogen (secondary N) is 1. The first kappa shape index (κ1) is 17.5. The second-order valence-electron chi connectivity index (χ2n) is 4.76. The van der Waals surface area contributed by atoms with E-state index in [0.29, 0.717) is 23.5 Å². The molecule has 122 valence electrons. The lowest BCUT2D eigenvalue weighted by Crippen LogP contribution is -2.37. The van der Waals surface area contributed by atoms with Crippen molar-refractivity contribution in [2.45, 2.75) is 26.3 Å². The second kappa shape index (κ2) is 8.06. The van der Waals surface area contributed by atoms with Crippen molar-refractivity contribution in [1.29, 1.82) is 0 Å². The fourth-order valence-corrected chi connectivity index (χ4v) is 1.81. The number of carboxylic acid groups (broad SMARTS) is 1. The molecule has 0 aliphatic carbocycles. The van der Waals surface area contributed by atoms with Gasteiger partial charge in [-0.2, -0.15) is 0 Å². The van der Waals surface area contributed by atoms with Gasteiger partial charge in [0.15, 0.2) is 0 Å². The predicted molar refractivity (Wildman–Crippen MR) is 76.5 cm³/mol. The molecule has 0 radical (unpaired) electrons. The number of carbonyl (C=O) groups excluding carboxylic acids is 2. The van der Waals surface area contributed by atoms with Gasteiger partial charge in [-0.25, -0.2) is 9.59 Å². The van der Waals surface area contributed by atoms with Crippen LogP contribution in [0.15, 0.2) is 10.5 Å². The van der Waals surface area contributed by atoms with E-state index in [0.717, 1.165) is 0 Å². The first-order chi connectivity index (χ1) is 10.3. The average Bonchev–Trinajstić information content (AvgIpc) is 2.82.